The highest BCUT2D eigenvalue weighted by molar-refractivity contribution is 9.10. The molecule has 3 nitrogen and oxygen atoms in total. The zero-order valence-electron chi connectivity index (χ0n) is 8.86. The van der Waals surface area contributed by atoms with Crippen molar-refractivity contribution in [1.82, 2.24) is 4.98 Å². The SMILES string of the molecule is Nc1cc(Br)cnc1OCc1ccc(Br)cc1. The van der Waals surface area contributed by atoms with E-state index >= 15 is 0 Å². The first kappa shape index (κ1) is 12.4. The average molecular weight is 358 g/mol. The summed E-state index contributed by atoms with van der Waals surface area (Å²) in [7, 11) is 0. The standard InChI is InChI=1S/C12H10Br2N2O/c13-9-3-1-8(2-4-9)7-17-12-11(15)5-10(14)6-16-12/h1-6H,7,15H2. The molecule has 2 N–H and O–H groups in total. The van der Waals surface area contributed by atoms with Crippen LogP contribution in [-0.4, -0.2) is 4.98 Å². The molecule has 0 saturated heterocycles. The van der Waals surface area contributed by atoms with E-state index in [1.807, 2.05) is 24.3 Å². The van der Waals surface area contributed by atoms with Crippen LogP contribution in [-0.2, 0) is 6.61 Å². The lowest BCUT2D eigenvalue weighted by atomic mass is 10.2. The molecular weight excluding hydrogens is 348 g/mol. The van der Waals surface area contributed by atoms with Crippen LogP contribution < -0.4 is 10.5 Å². The first-order chi connectivity index (χ1) is 8.15. The molecule has 0 aliphatic carbocycles. The normalized spacial score (nSPS) is 10.2. The Morgan fingerprint density at radius 3 is 2.47 bits per heavy atom. The van der Waals surface area contributed by atoms with Crippen LogP contribution >= 0.6 is 31.9 Å². The Bertz CT molecular complexity index is 514. The lowest BCUT2D eigenvalue weighted by Gasteiger charge is -2.07. The molecule has 0 unspecified atom stereocenters. The number of hydrogen-bond donors (Lipinski definition) is 1. The third-order valence-electron chi connectivity index (χ3n) is 2.13. The molecule has 0 atom stereocenters. The lowest BCUT2D eigenvalue weighted by molar-refractivity contribution is 0.295. The van der Waals surface area contributed by atoms with E-state index in [2.05, 4.69) is 36.8 Å². The number of pyridine rings is 1. The van der Waals surface area contributed by atoms with E-state index in [0.717, 1.165) is 14.5 Å². The smallest absolute Gasteiger partial charge is 0.237 e. The van der Waals surface area contributed by atoms with Crippen molar-refractivity contribution in [2.45, 2.75) is 6.61 Å². The van der Waals surface area contributed by atoms with Crippen molar-refractivity contribution in [2.24, 2.45) is 0 Å². The quantitative estimate of drug-likeness (QED) is 0.909. The van der Waals surface area contributed by atoms with Crippen molar-refractivity contribution in [3.05, 3.63) is 51.0 Å². The number of benzene rings is 1. The summed E-state index contributed by atoms with van der Waals surface area (Å²) in [6.07, 6.45) is 1.66. The van der Waals surface area contributed by atoms with Gasteiger partial charge in [-0.2, -0.15) is 0 Å². The summed E-state index contributed by atoms with van der Waals surface area (Å²) in [5.74, 6) is 0.455. The fraction of sp³-hybridized carbons (Fsp3) is 0.0833. The molecule has 5 heteroatoms. The highest BCUT2D eigenvalue weighted by atomic mass is 79.9. The Labute approximate surface area is 116 Å². The largest absolute Gasteiger partial charge is 0.471 e. The Hall–Kier alpha value is -1.07. The van der Waals surface area contributed by atoms with Crippen LogP contribution in [0.2, 0.25) is 0 Å². The van der Waals surface area contributed by atoms with Crippen LogP contribution in [0.1, 0.15) is 5.56 Å². The number of halogens is 2. The van der Waals surface area contributed by atoms with Gasteiger partial charge in [-0.15, -0.1) is 0 Å². The van der Waals surface area contributed by atoms with E-state index in [4.69, 9.17) is 10.5 Å². The number of anilines is 1. The summed E-state index contributed by atoms with van der Waals surface area (Å²) in [4.78, 5) is 4.11. The number of aromatic nitrogens is 1. The molecule has 0 aliphatic rings. The predicted octanol–water partition coefficient (Wildman–Crippen LogP) is 3.77. The maximum absolute atomic E-state index is 5.78. The van der Waals surface area contributed by atoms with Gasteiger partial charge in [-0.05, 0) is 39.7 Å². The number of nitrogen functional groups attached to an aromatic ring is 1. The molecule has 0 aliphatic heterocycles. The van der Waals surface area contributed by atoms with Gasteiger partial charge in [0.25, 0.3) is 0 Å². The summed E-state index contributed by atoms with van der Waals surface area (Å²) in [6, 6.07) is 9.68. The van der Waals surface area contributed by atoms with Crippen molar-refractivity contribution in [3.63, 3.8) is 0 Å². The number of hydrogen-bond acceptors (Lipinski definition) is 3. The monoisotopic (exact) mass is 356 g/mol. The van der Waals surface area contributed by atoms with Crippen molar-refractivity contribution in [2.75, 3.05) is 5.73 Å². The van der Waals surface area contributed by atoms with Crippen LogP contribution in [0.5, 0.6) is 5.88 Å². The third kappa shape index (κ3) is 3.44. The van der Waals surface area contributed by atoms with Gasteiger partial charge in [0.15, 0.2) is 0 Å². The number of rotatable bonds is 3. The minimum absolute atomic E-state index is 0.451. The van der Waals surface area contributed by atoms with Gasteiger partial charge in [0.05, 0.1) is 5.69 Å². The molecule has 2 rings (SSSR count). The highest BCUT2D eigenvalue weighted by Gasteiger charge is 2.03. The summed E-state index contributed by atoms with van der Waals surface area (Å²) < 4.78 is 7.43. The van der Waals surface area contributed by atoms with E-state index < -0.39 is 0 Å². The third-order valence-corrected chi connectivity index (χ3v) is 3.10. The van der Waals surface area contributed by atoms with Crippen LogP contribution in [0.3, 0.4) is 0 Å². The van der Waals surface area contributed by atoms with E-state index in [1.54, 1.807) is 12.3 Å². The van der Waals surface area contributed by atoms with Gasteiger partial charge in [-0.1, -0.05) is 28.1 Å². The Morgan fingerprint density at radius 1 is 1.12 bits per heavy atom. The van der Waals surface area contributed by atoms with Gasteiger partial charge >= 0.3 is 0 Å². The molecule has 17 heavy (non-hydrogen) atoms. The molecule has 0 saturated carbocycles. The second-order valence-corrected chi connectivity index (χ2v) is 5.29. The first-order valence-electron chi connectivity index (χ1n) is 4.93. The zero-order chi connectivity index (χ0) is 12.3. The first-order valence-corrected chi connectivity index (χ1v) is 6.52. The Morgan fingerprint density at radius 2 is 1.82 bits per heavy atom. The maximum Gasteiger partial charge on any atom is 0.237 e. The summed E-state index contributed by atoms with van der Waals surface area (Å²) in [5.41, 5.74) is 7.38. The molecule has 0 spiro atoms. The molecule has 0 fully saturated rings. The highest BCUT2D eigenvalue weighted by Crippen LogP contribution is 2.23. The van der Waals surface area contributed by atoms with Crippen LogP contribution in [0.15, 0.2) is 45.5 Å². The molecule has 2 aromatic rings. The van der Waals surface area contributed by atoms with Gasteiger partial charge in [0.1, 0.15) is 6.61 Å². The predicted molar refractivity (Wildman–Crippen MR) is 74.8 cm³/mol. The second kappa shape index (κ2) is 5.51. The fourth-order valence-electron chi connectivity index (χ4n) is 1.30. The maximum atomic E-state index is 5.78. The Kier molecular flexibility index (Phi) is 4.02. The minimum atomic E-state index is 0.451. The number of nitrogens with zero attached hydrogens (tertiary/aromatic N) is 1. The lowest BCUT2D eigenvalue weighted by Crippen LogP contribution is -2.00. The fourth-order valence-corrected chi connectivity index (χ4v) is 1.91. The summed E-state index contributed by atoms with van der Waals surface area (Å²) >= 11 is 6.68. The molecule has 0 bridgehead atoms. The molecule has 1 aromatic heterocycles. The average Bonchev–Trinajstić information content (AvgIpc) is 2.30. The molecular formula is C12H10Br2N2O. The molecule has 1 aromatic carbocycles. The van der Waals surface area contributed by atoms with Gasteiger partial charge in [0.2, 0.25) is 5.88 Å². The van der Waals surface area contributed by atoms with E-state index in [1.165, 1.54) is 0 Å². The number of nitrogens with two attached hydrogens (primary N) is 1. The second-order valence-electron chi connectivity index (χ2n) is 3.46. The molecule has 0 amide bonds. The van der Waals surface area contributed by atoms with Gasteiger partial charge < -0.3 is 10.5 Å². The van der Waals surface area contributed by atoms with E-state index in [-0.39, 0.29) is 0 Å². The molecule has 1 heterocycles. The topological polar surface area (TPSA) is 48.1 Å². The summed E-state index contributed by atoms with van der Waals surface area (Å²) in [5, 5.41) is 0. The Balaban J connectivity index is 2.04. The van der Waals surface area contributed by atoms with Crippen LogP contribution in [0, 0.1) is 0 Å². The van der Waals surface area contributed by atoms with E-state index in [0.29, 0.717) is 18.2 Å². The van der Waals surface area contributed by atoms with Crippen molar-refractivity contribution in [1.29, 1.82) is 0 Å². The van der Waals surface area contributed by atoms with Crippen molar-refractivity contribution < 1.29 is 4.74 Å². The van der Waals surface area contributed by atoms with Gasteiger partial charge in [0, 0.05) is 15.1 Å². The van der Waals surface area contributed by atoms with Crippen LogP contribution in [0.4, 0.5) is 5.69 Å². The van der Waals surface area contributed by atoms with Crippen molar-refractivity contribution >= 4 is 37.5 Å². The van der Waals surface area contributed by atoms with Gasteiger partial charge in [-0.25, -0.2) is 4.98 Å². The molecule has 0 radical (unpaired) electrons. The van der Waals surface area contributed by atoms with Crippen LogP contribution in [0.25, 0.3) is 0 Å². The van der Waals surface area contributed by atoms with Crippen molar-refractivity contribution in [3.8, 4) is 5.88 Å². The number of ether oxygens (including phenoxy) is 1. The van der Waals surface area contributed by atoms with Gasteiger partial charge in [-0.3, -0.25) is 0 Å². The summed E-state index contributed by atoms with van der Waals surface area (Å²) in [6.45, 7) is 0.451. The minimum Gasteiger partial charge on any atom is -0.471 e. The zero-order valence-corrected chi connectivity index (χ0v) is 12.0. The van der Waals surface area contributed by atoms with E-state index in [9.17, 15) is 0 Å². The molecule has 88 valence electrons.